The molecule has 0 saturated heterocycles. The van der Waals surface area contributed by atoms with Crippen molar-refractivity contribution in [3.05, 3.63) is 122 Å². The third-order valence-electron chi connectivity index (χ3n) is 12.2. The molecule has 0 radical (unpaired) electrons. The molecule has 1 unspecified atom stereocenters. The van der Waals surface area contributed by atoms with Crippen LogP contribution in [-0.2, 0) is 28.6 Å². The molecule has 0 aliphatic carbocycles. The molecule has 0 rings (SSSR count). The zero-order chi connectivity index (χ0) is 52.2. The SMILES string of the molecule is CC/C=C\C/C=C\C/C=C\C/C=C\C/C=C\C/C=C\C/C=C\C/C=C\C/C=C\CCCC(=O)OCC(COC(=O)CCCCCCCCC)OC(=O)CCCCCCCCC/C=C\CCCCCCCCC. The van der Waals surface area contributed by atoms with Gasteiger partial charge in [-0.3, -0.25) is 14.4 Å². The van der Waals surface area contributed by atoms with Crippen LogP contribution in [0.2, 0.25) is 0 Å². The van der Waals surface area contributed by atoms with Crippen LogP contribution in [0.3, 0.4) is 0 Å². The molecule has 0 aromatic heterocycles. The molecular weight excluding hydrogens is 889 g/mol. The Labute approximate surface area is 443 Å². The van der Waals surface area contributed by atoms with Crippen LogP contribution < -0.4 is 0 Å². The molecule has 0 heterocycles. The normalized spacial score (nSPS) is 13.0. The molecule has 0 amide bonds. The third-order valence-corrected chi connectivity index (χ3v) is 12.2. The van der Waals surface area contributed by atoms with Crippen LogP contribution in [0.5, 0.6) is 0 Å². The summed E-state index contributed by atoms with van der Waals surface area (Å²) >= 11 is 0. The largest absolute Gasteiger partial charge is 0.462 e. The molecular formula is C66H108O6. The van der Waals surface area contributed by atoms with E-state index in [2.05, 4.69) is 142 Å². The summed E-state index contributed by atoms with van der Waals surface area (Å²) in [4.78, 5) is 37.9. The predicted molar refractivity (Wildman–Crippen MR) is 311 cm³/mol. The zero-order valence-electron chi connectivity index (χ0n) is 46.7. The number of ether oxygens (including phenoxy) is 3. The summed E-state index contributed by atoms with van der Waals surface area (Å²) in [7, 11) is 0. The molecule has 0 aromatic carbocycles. The van der Waals surface area contributed by atoms with Crippen molar-refractivity contribution >= 4 is 17.9 Å². The molecule has 0 aliphatic rings. The van der Waals surface area contributed by atoms with Crippen molar-refractivity contribution in [2.45, 2.75) is 264 Å². The Hall–Kier alpha value is -4.19. The van der Waals surface area contributed by atoms with Crippen molar-refractivity contribution in [1.29, 1.82) is 0 Å². The quantitative estimate of drug-likeness (QED) is 0.0261. The fourth-order valence-electron chi connectivity index (χ4n) is 7.79. The van der Waals surface area contributed by atoms with Gasteiger partial charge in [-0.15, -0.1) is 0 Å². The number of allylic oxidation sites excluding steroid dienone is 20. The fraction of sp³-hybridized carbons (Fsp3) is 0.652. The molecule has 0 aromatic rings. The minimum Gasteiger partial charge on any atom is -0.462 e. The number of hydrogen-bond donors (Lipinski definition) is 0. The number of hydrogen-bond acceptors (Lipinski definition) is 6. The van der Waals surface area contributed by atoms with E-state index >= 15 is 0 Å². The molecule has 0 saturated carbocycles. The van der Waals surface area contributed by atoms with Crippen molar-refractivity contribution in [3.8, 4) is 0 Å². The summed E-state index contributed by atoms with van der Waals surface area (Å²) in [6, 6.07) is 0. The second kappa shape index (κ2) is 59.4. The molecule has 6 heteroatoms. The Morgan fingerprint density at radius 1 is 0.292 bits per heavy atom. The van der Waals surface area contributed by atoms with Gasteiger partial charge in [0.1, 0.15) is 13.2 Å². The summed E-state index contributed by atoms with van der Waals surface area (Å²) < 4.78 is 16.7. The van der Waals surface area contributed by atoms with E-state index in [1.54, 1.807) is 0 Å². The minimum absolute atomic E-state index is 0.0990. The second-order valence-electron chi connectivity index (χ2n) is 19.2. The van der Waals surface area contributed by atoms with Crippen LogP contribution in [0, 0.1) is 0 Å². The lowest BCUT2D eigenvalue weighted by atomic mass is 10.1. The van der Waals surface area contributed by atoms with E-state index in [0.29, 0.717) is 19.3 Å². The zero-order valence-corrected chi connectivity index (χ0v) is 46.7. The van der Waals surface area contributed by atoms with Gasteiger partial charge in [-0.25, -0.2) is 0 Å². The first-order chi connectivity index (χ1) is 35.5. The maximum atomic E-state index is 12.8. The van der Waals surface area contributed by atoms with Gasteiger partial charge in [-0.1, -0.05) is 251 Å². The Balaban J connectivity index is 4.31. The molecule has 0 fully saturated rings. The Morgan fingerprint density at radius 2 is 0.556 bits per heavy atom. The van der Waals surface area contributed by atoms with Crippen molar-refractivity contribution < 1.29 is 28.6 Å². The van der Waals surface area contributed by atoms with Crippen molar-refractivity contribution in [2.24, 2.45) is 0 Å². The molecule has 72 heavy (non-hydrogen) atoms. The maximum Gasteiger partial charge on any atom is 0.306 e. The van der Waals surface area contributed by atoms with Crippen LogP contribution in [0.1, 0.15) is 258 Å². The maximum absolute atomic E-state index is 12.8. The van der Waals surface area contributed by atoms with Crippen molar-refractivity contribution in [3.63, 3.8) is 0 Å². The van der Waals surface area contributed by atoms with Gasteiger partial charge in [0.2, 0.25) is 0 Å². The monoisotopic (exact) mass is 997 g/mol. The van der Waals surface area contributed by atoms with Gasteiger partial charge in [0.25, 0.3) is 0 Å². The van der Waals surface area contributed by atoms with Crippen LogP contribution in [-0.4, -0.2) is 37.2 Å². The molecule has 6 nitrogen and oxygen atoms in total. The van der Waals surface area contributed by atoms with E-state index in [-0.39, 0.29) is 37.5 Å². The van der Waals surface area contributed by atoms with Gasteiger partial charge in [-0.2, -0.15) is 0 Å². The van der Waals surface area contributed by atoms with E-state index in [4.69, 9.17) is 14.2 Å². The second-order valence-corrected chi connectivity index (χ2v) is 19.2. The van der Waals surface area contributed by atoms with E-state index in [0.717, 1.165) is 103 Å². The highest BCUT2D eigenvalue weighted by atomic mass is 16.6. The average Bonchev–Trinajstić information content (AvgIpc) is 3.38. The van der Waals surface area contributed by atoms with E-state index in [1.165, 1.54) is 109 Å². The topological polar surface area (TPSA) is 78.9 Å². The molecule has 0 aliphatic heterocycles. The molecule has 0 bridgehead atoms. The number of carbonyl (C=O) groups is 3. The highest BCUT2D eigenvalue weighted by Gasteiger charge is 2.19. The number of esters is 3. The van der Waals surface area contributed by atoms with Crippen LogP contribution in [0.15, 0.2) is 122 Å². The van der Waals surface area contributed by atoms with Gasteiger partial charge in [-0.05, 0) is 109 Å². The highest BCUT2D eigenvalue weighted by molar-refractivity contribution is 5.71. The molecule has 408 valence electrons. The van der Waals surface area contributed by atoms with Crippen molar-refractivity contribution in [2.75, 3.05) is 13.2 Å². The average molecular weight is 998 g/mol. The summed E-state index contributed by atoms with van der Waals surface area (Å²) in [5, 5.41) is 0. The summed E-state index contributed by atoms with van der Waals surface area (Å²) in [5.41, 5.74) is 0. The van der Waals surface area contributed by atoms with Crippen molar-refractivity contribution in [1.82, 2.24) is 0 Å². The summed E-state index contributed by atoms with van der Waals surface area (Å²) in [5.74, 6) is -0.974. The summed E-state index contributed by atoms with van der Waals surface area (Å²) in [6.07, 6.45) is 82.2. The number of rotatable bonds is 52. The first kappa shape index (κ1) is 67.8. The number of carbonyl (C=O) groups excluding carboxylic acids is 3. The van der Waals surface area contributed by atoms with E-state index in [1.807, 2.05) is 0 Å². The smallest absolute Gasteiger partial charge is 0.306 e. The Kier molecular flexibility index (Phi) is 55.9. The van der Waals surface area contributed by atoms with E-state index in [9.17, 15) is 14.4 Å². The lowest BCUT2D eigenvalue weighted by Crippen LogP contribution is -2.30. The first-order valence-corrected chi connectivity index (χ1v) is 29.5. The van der Waals surface area contributed by atoms with Crippen LogP contribution in [0.4, 0.5) is 0 Å². The lowest BCUT2D eigenvalue weighted by Gasteiger charge is -2.18. The number of unbranched alkanes of at least 4 members (excludes halogenated alkanes) is 21. The Morgan fingerprint density at radius 3 is 0.917 bits per heavy atom. The predicted octanol–water partition coefficient (Wildman–Crippen LogP) is 20.0. The highest BCUT2D eigenvalue weighted by Crippen LogP contribution is 2.14. The third kappa shape index (κ3) is 56.7. The lowest BCUT2D eigenvalue weighted by molar-refractivity contribution is -0.167. The van der Waals surface area contributed by atoms with Gasteiger partial charge in [0.05, 0.1) is 0 Å². The molecule has 0 spiro atoms. The minimum atomic E-state index is -0.803. The van der Waals surface area contributed by atoms with Crippen LogP contribution in [0.25, 0.3) is 0 Å². The molecule has 0 N–H and O–H groups in total. The van der Waals surface area contributed by atoms with Crippen LogP contribution >= 0.6 is 0 Å². The van der Waals surface area contributed by atoms with Gasteiger partial charge in [0, 0.05) is 19.3 Å². The van der Waals surface area contributed by atoms with Gasteiger partial charge < -0.3 is 14.2 Å². The summed E-state index contributed by atoms with van der Waals surface area (Å²) in [6.45, 7) is 6.43. The standard InChI is InChI=1S/C66H108O6/c1-4-7-10-13-16-18-20-22-24-26-28-29-30-31-32-33-34-35-36-37-38-40-41-43-45-47-50-53-56-59-65(68)71-62-63(61-70-64(67)58-55-52-49-15-12-9-6-3)72-66(69)60-57-54-51-48-46-44-42-39-27-25-23-21-19-17-14-11-8-5-2/h7,10,16,18,22,24-25,27-29,31-32,34-35,37-38,41,43,47,50,63H,4-6,8-9,11-15,17,19-21,23,26,30,33,36,39-40,42,44-46,48-49,51-62H2,1-3H3/b10-7-,18-16-,24-22-,27-25-,29-28-,32-31-,35-34-,38-37-,43-41-,50-47-. The van der Waals surface area contributed by atoms with Gasteiger partial charge in [0.15, 0.2) is 6.10 Å². The Bertz CT molecular complexity index is 1520. The van der Waals surface area contributed by atoms with E-state index < -0.39 is 6.10 Å². The molecule has 1 atom stereocenters. The van der Waals surface area contributed by atoms with Gasteiger partial charge >= 0.3 is 17.9 Å². The fourth-order valence-corrected chi connectivity index (χ4v) is 7.79. The first-order valence-electron chi connectivity index (χ1n) is 29.5.